The van der Waals surface area contributed by atoms with Gasteiger partial charge in [0.25, 0.3) is 5.78 Å². The van der Waals surface area contributed by atoms with E-state index in [1.807, 2.05) is 32.0 Å². The summed E-state index contributed by atoms with van der Waals surface area (Å²) >= 11 is 0. The number of fused-ring (bicyclic) bond motifs is 1. The minimum Gasteiger partial charge on any atom is -0.497 e. The zero-order valence-electron chi connectivity index (χ0n) is 18.8. The first kappa shape index (κ1) is 22.5. The van der Waals surface area contributed by atoms with Crippen LogP contribution in [0.1, 0.15) is 42.4 Å². The van der Waals surface area contributed by atoms with Crippen LogP contribution in [-0.2, 0) is 11.2 Å². The number of aromatic nitrogens is 4. The Labute approximate surface area is 182 Å². The molecule has 0 aliphatic heterocycles. The quantitative estimate of drug-likeness (QED) is 0.540. The first-order valence-corrected chi connectivity index (χ1v) is 10.5. The average Bonchev–Trinajstić information content (AvgIpc) is 3.14. The van der Waals surface area contributed by atoms with E-state index in [1.165, 1.54) is 0 Å². The van der Waals surface area contributed by atoms with E-state index in [9.17, 15) is 4.79 Å². The summed E-state index contributed by atoms with van der Waals surface area (Å²) in [5.41, 5.74) is 9.20. The minimum absolute atomic E-state index is 0.0481. The van der Waals surface area contributed by atoms with Crippen LogP contribution in [0, 0.1) is 13.8 Å². The highest BCUT2D eigenvalue weighted by Gasteiger charge is 2.21. The van der Waals surface area contributed by atoms with E-state index < -0.39 is 0 Å². The van der Waals surface area contributed by atoms with Gasteiger partial charge >= 0.3 is 0 Å². The fraction of sp³-hybridized carbons (Fsp3) is 0.455. The van der Waals surface area contributed by atoms with Gasteiger partial charge in [0.2, 0.25) is 11.9 Å². The number of hydrogen-bond donors (Lipinski definition) is 2. The number of amides is 1. The van der Waals surface area contributed by atoms with Gasteiger partial charge in [0, 0.05) is 23.5 Å². The zero-order chi connectivity index (χ0) is 22.5. The maximum atomic E-state index is 12.9. The predicted octanol–water partition coefficient (Wildman–Crippen LogP) is 2.07. The molecule has 0 aliphatic rings. The Hall–Kier alpha value is -3.20. The normalized spacial score (nSPS) is 12.3. The third-order valence-electron chi connectivity index (χ3n) is 5.63. The Morgan fingerprint density at radius 2 is 2.00 bits per heavy atom. The van der Waals surface area contributed by atoms with Gasteiger partial charge in [-0.25, -0.2) is 4.98 Å². The van der Waals surface area contributed by atoms with E-state index in [2.05, 4.69) is 45.2 Å². The topological polar surface area (TPSA) is 111 Å². The van der Waals surface area contributed by atoms with E-state index >= 15 is 0 Å². The molecule has 9 nitrogen and oxygen atoms in total. The molecule has 0 spiro atoms. The minimum atomic E-state index is -0.0690. The molecule has 3 N–H and O–H groups in total. The summed E-state index contributed by atoms with van der Waals surface area (Å²) in [6, 6.07) is 8.04. The number of carbonyl (C=O) groups is 1. The van der Waals surface area contributed by atoms with Crippen LogP contribution in [0.15, 0.2) is 24.3 Å². The largest absolute Gasteiger partial charge is 0.497 e. The van der Waals surface area contributed by atoms with Crippen LogP contribution in [0.5, 0.6) is 5.75 Å². The third-order valence-corrected chi connectivity index (χ3v) is 5.63. The third kappa shape index (κ3) is 4.93. The van der Waals surface area contributed by atoms with Gasteiger partial charge in [0.05, 0.1) is 19.6 Å². The van der Waals surface area contributed by atoms with Crippen molar-refractivity contribution >= 4 is 17.6 Å². The molecule has 0 aliphatic carbocycles. The number of likely N-dealkylation sites (N-methyl/N-ethyl adjacent to an activating group) is 1. The van der Waals surface area contributed by atoms with Crippen LogP contribution in [0.4, 0.5) is 5.95 Å². The van der Waals surface area contributed by atoms with Gasteiger partial charge in [0.15, 0.2) is 0 Å². The molecule has 1 atom stereocenters. The summed E-state index contributed by atoms with van der Waals surface area (Å²) in [5, 5.41) is 7.27. The second-order valence-electron chi connectivity index (χ2n) is 7.44. The maximum absolute atomic E-state index is 12.9. The van der Waals surface area contributed by atoms with Crippen LogP contribution < -0.4 is 15.8 Å². The second kappa shape index (κ2) is 9.74. The molecule has 2 heterocycles. The number of nitrogens with zero attached hydrogens (tertiary/aromatic N) is 5. The molecule has 31 heavy (non-hydrogen) atoms. The van der Waals surface area contributed by atoms with Crippen molar-refractivity contribution in [2.75, 3.05) is 32.5 Å². The monoisotopic (exact) mass is 425 g/mol. The first-order valence-electron chi connectivity index (χ1n) is 10.5. The molecule has 1 aromatic carbocycles. The highest BCUT2D eigenvalue weighted by atomic mass is 16.5. The van der Waals surface area contributed by atoms with Crippen molar-refractivity contribution in [2.45, 2.75) is 40.2 Å². The van der Waals surface area contributed by atoms with Gasteiger partial charge in [-0.15, -0.1) is 5.10 Å². The lowest BCUT2D eigenvalue weighted by Gasteiger charge is -2.30. The number of methoxy groups -OCH3 is 1. The molecular weight excluding hydrogens is 394 g/mol. The highest BCUT2D eigenvalue weighted by molar-refractivity contribution is 5.79. The summed E-state index contributed by atoms with van der Waals surface area (Å²) in [6.07, 6.45) is 0.212. The molecule has 0 unspecified atom stereocenters. The Morgan fingerprint density at radius 1 is 1.26 bits per heavy atom. The van der Waals surface area contributed by atoms with Crippen molar-refractivity contribution in [1.82, 2.24) is 29.8 Å². The van der Waals surface area contributed by atoms with Crippen molar-refractivity contribution in [2.24, 2.45) is 0 Å². The molecule has 0 saturated carbocycles. The maximum Gasteiger partial charge on any atom is 0.254 e. The van der Waals surface area contributed by atoms with Crippen LogP contribution in [-0.4, -0.2) is 57.1 Å². The average molecular weight is 426 g/mol. The van der Waals surface area contributed by atoms with Gasteiger partial charge in [0.1, 0.15) is 5.75 Å². The number of carbonyl (C=O) groups excluding carboxylic acids is 1. The number of rotatable bonds is 9. The fourth-order valence-electron chi connectivity index (χ4n) is 3.88. The van der Waals surface area contributed by atoms with Gasteiger partial charge in [-0.1, -0.05) is 26.0 Å². The number of nitrogens with two attached hydrogens (primary N) is 1. The lowest BCUT2D eigenvalue weighted by atomic mass is 10.0. The number of anilines is 1. The van der Waals surface area contributed by atoms with Crippen LogP contribution >= 0.6 is 0 Å². The van der Waals surface area contributed by atoms with Crippen molar-refractivity contribution in [1.29, 1.82) is 0 Å². The number of benzene rings is 1. The van der Waals surface area contributed by atoms with Gasteiger partial charge in [-0.2, -0.15) is 9.50 Å². The van der Waals surface area contributed by atoms with E-state index in [0.29, 0.717) is 12.3 Å². The summed E-state index contributed by atoms with van der Waals surface area (Å²) in [6.45, 7) is 10.3. The Morgan fingerprint density at radius 3 is 2.68 bits per heavy atom. The zero-order valence-corrected chi connectivity index (χ0v) is 18.8. The van der Waals surface area contributed by atoms with Crippen molar-refractivity contribution in [3.05, 3.63) is 46.8 Å². The molecule has 3 aromatic rings. The number of nitrogen functional groups attached to an aromatic ring is 1. The summed E-state index contributed by atoms with van der Waals surface area (Å²) in [5.74, 6) is 1.34. The number of aryl methyl sites for hydroxylation is 2. The molecule has 9 heteroatoms. The van der Waals surface area contributed by atoms with Crippen molar-refractivity contribution in [3.63, 3.8) is 0 Å². The van der Waals surface area contributed by atoms with Gasteiger partial charge in [-0.3, -0.25) is 9.69 Å². The molecule has 166 valence electrons. The summed E-state index contributed by atoms with van der Waals surface area (Å²) < 4.78 is 6.97. The summed E-state index contributed by atoms with van der Waals surface area (Å²) in [4.78, 5) is 23.7. The molecule has 0 fully saturated rings. The predicted molar refractivity (Wildman–Crippen MR) is 120 cm³/mol. The second-order valence-corrected chi connectivity index (χ2v) is 7.44. The van der Waals surface area contributed by atoms with E-state index in [4.69, 9.17) is 10.5 Å². The van der Waals surface area contributed by atoms with Crippen molar-refractivity contribution < 1.29 is 9.53 Å². The molecule has 0 radical (unpaired) electrons. The van der Waals surface area contributed by atoms with Gasteiger partial charge < -0.3 is 15.8 Å². The molecule has 0 saturated heterocycles. The van der Waals surface area contributed by atoms with E-state index in [1.54, 1.807) is 11.6 Å². The van der Waals surface area contributed by atoms with E-state index in [0.717, 1.165) is 41.4 Å². The SMILES string of the molecule is CCN(CC)[C@@H](CNC(=O)Cc1c(C)nc2nc(N)nn2c1C)c1cccc(OC)c1. The van der Waals surface area contributed by atoms with E-state index in [-0.39, 0.29) is 24.3 Å². The van der Waals surface area contributed by atoms with Crippen LogP contribution in [0.25, 0.3) is 5.78 Å². The fourth-order valence-corrected chi connectivity index (χ4v) is 3.88. The lowest BCUT2D eigenvalue weighted by molar-refractivity contribution is -0.120. The Kier molecular flexibility index (Phi) is 7.06. The Balaban J connectivity index is 1.77. The molecular formula is C22H31N7O2. The molecule has 1 amide bonds. The summed E-state index contributed by atoms with van der Waals surface area (Å²) in [7, 11) is 1.66. The number of ether oxygens (including phenoxy) is 1. The van der Waals surface area contributed by atoms with Crippen molar-refractivity contribution in [3.8, 4) is 5.75 Å². The Bertz CT molecular complexity index is 1060. The molecule has 3 rings (SSSR count). The lowest BCUT2D eigenvalue weighted by Crippen LogP contribution is -2.38. The van der Waals surface area contributed by atoms with Crippen LogP contribution in [0.3, 0.4) is 0 Å². The number of nitrogens with one attached hydrogen (secondary N) is 1. The smallest absolute Gasteiger partial charge is 0.254 e. The van der Waals surface area contributed by atoms with Crippen LogP contribution in [0.2, 0.25) is 0 Å². The first-order chi connectivity index (χ1) is 14.9. The standard InChI is InChI=1S/C22H31N7O2/c1-6-28(7-2)19(16-9-8-10-17(11-16)31-5)13-24-20(30)12-18-14(3)25-22-26-21(23)27-29(22)15(18)4/h8-11,19H,6-7,12-13H2,1-5H3,(H2,23,27)(H,24,30)/t19-/m0/s1. The van der Waals surface area contributed by atoms with Gasteiger partial charge in [-0.05, 0) is 44.6 Å². The molecule has 2 aromatic heterocycles. The number of hydrogen-bond acceptors (Lipinski definition) is 7. The highest BCUT2D eigenvalue weighted by Crippen LogP contribution is 2.24. The molecule has 0 bridgehead atoms.